The van der Waals surface area contributed by atoms with Gasteiger partial charge in [0, 0.05) is 10.9 Å². The van der Waals surface area contributed by atoms with Gasteiger partial charge in [-0.25, -0.2) is 9.07 Å². The number of nitrogens with one attached hydrogen (secondary N) is 1. The molecule has 0 radical (unpaired) electrons. The van der Waals surface area contributed by atoms with Crippen LogP contribution >= 0.6 is 0 Å². The summed E-state index contributed by atoms with van der Waals surface area (Å²) in [5.74, 6) is -0.882. The van der Waals surface area contributed by atoms with Crippen LogP contribution in [0.2, 0.25) is 0 Å². The molecule has 0 unspecified atom stereocenters. The third-order valence-corrected chi connectivity index (χ3v) is 4.53. The average molecular weight is 365 g/mol. The SMILES string of the molecule is Cc1ccc2c(CC(=O)Nc3cc(-n4cnnn4)ccc3F)coc2c1C. The predicted octanol–water partition coefficient (Wildman–Crippen LogP) is 3.35. The lowest BCUT2D eigenvalue weighted by Crippen LogP contribution is -2.15. The summed E-state index contributed by atoms with van der Waals surface area (Å²) in [6.07, 6.45) is 3.04. The first-order chi connectivity index (χ1) is 13.0. The molecule has 0 spiro atoms. The van der Waals surface area contributed by atoms with Gasteiger partial charge in [0.1, 0.15) is 17.7 Å². The highest BCUT2D eigenvalue weighted by Crippen LogP contribution is 2.27. The molecular formula is C19H16FN5O2. The van der Waals surface area contributed by atoms with E-state index in [2.05, 4.69) is 20.8 Å². The minimum absolute atomic E-state index is 0.0628. The molecule has 4 aromatic rings. The highest BCUT2D eigenvalue weighted by molar-refractivity contribution is 5.96. The Kier molecular flexibility index (Phi) is 4.15. The molecule has 27 heavy (non-hydrogen) atoms. The normalized spacial score (nSPS) is 11.1. The Hall–Kier alpha value is -3.55. The number of aromatic nitrogens is 4. The second-order valence-corrected chi connectivity index (χ2v) is 6.29. The Morgan fingerprint density at radius 3 is 2.89 bits per heavy atom. The van der Waals surface area contributed by atoms with Gasteiger partial charge < -0.3 is 9.73 Å². The first-order valence-electron chi connectivity index (χ1n) is 8.32. The van der Waals surface area contributed by atoms with Crippen molar-refractivity contribution in [2.45, 2.75) is 20.3 Å². The quantitative estimate of drug-likeness (QED) is 0.599. The van der Waals surface area contributed by atoms with Gasteiger partial charge in [-0.1, -0.05) is 12.1 Å². The van der Waals surface area contributed by atoms with Gasteiger partial charge in [0.15, 0.2) is 0 Å². The van der Waals surface area contributed by atoms with Crippen LogP contribution in [0.1, 0.15) is 16.7 Å². The second kappa shape index (κ2) is 6.64. The summed E-state index contributed by atoms with van der Waals surface area (Å²) in [5.41, 5.74) is 4.28. The van der Waals surface area contributed by atoms with Crippen molar-refractivity contribution in [3.63, 3.8) is 0 Å². The molecule has 0 atom stereocenters. The molecule has 1 amide bonds. The van der Waals surface area contributed by atoms with Crippen molar-refractivity contribution in [1.82, 2.24) is 20.2 Å². The van der Waals surface area contributed by atoms with Gasteiger partial charge >= 0.3 is 0 Å². The van der Waals surface area contributed by atoms with Gasteiger partial charge in [0.25, 0.3) is 0 Å². The molecular weight excluding hydrogens is 349 g/mol. The molecule has 4 rings (SSSR count). The van der Waals surface area contributed by atoms with Crippen LogP contribution in [0.15, 0.2) is 47.3 Å². The van der Waals surface area contributed by atoms with Gasteiger partial charge in [-0.15, -0.1) is 5.10 Å². The number of rotatable bonds is 4. The molecule has 0 aliphatic rings. The number of hydrogen-bond acceptors (Lipinski definition) is 5. The minimum Gasteiger partial charge on any atom is -0.464 e. The van der Waals surface area contributed by atoms with Crippen molar-refractivity contribution in [1.29, 1.82) is 0 Å². The molecule has 1 N–H and O–H groups in total. The van der Waals surface area contributed by atoms with Gasteiger partial charge in [-0.05, 0) is 53.6 Å². The molecule has 0 fully saturated rings. The zero-order valence-electron chi connectivity index (χ0n) is 14.7. The fourth-order valence-corrected chi connectivity index (χ4v) is 2.92. The summed E-state index contributed by atoms with van der Waals surface area (Å²) in [7, 11) is 0. The summed E-state index contributed by atoms with van der Waals surface area (Å²) >= 11 is 0. The Morgan fingerprint density at radius 2 is 2.11 bits per heavy atom. The summed E-state index contributed by atoms with van der Waals surface area (Å²) in [4.78, 5) is 12.5. The van der Waals surface area contributed by atoms with Crippen LogP contribution in [-0.4, -0.2) is 26.1 Å². The topological polar surface area (TPSA) is 85.8 Å². The lowest BCUT2D eigenvalue weighted by atomic mass is 10.0. The Balaban J connectivity index is 1.57. The van der Waals surface area contributed by atoms with E-state index in [1.54, 1.807) is 6.26 Å². The summed E-state index contributed by atoms with van der Waals surface area (Å²) in [6.45, 7) is 3.98. The van der Waals surface area contributed by atoms with Crippen LogP contribution in [0.25, 0.3) is 16.7 Å². The Bertz CT molecular complexity index is 1130. The maximum Gasteiger partial charge on any atom is 0.229 e. The van der Waals surface area contributed by atoms with Crippen LogP contribution < -0.4 is 5.32 Å². The first kappa shape index (κ1) is 16.9. The van der Waals surface area contributed by atoms with E-state index in [0.717, 1.165) is 27.7 Å². The van der Waals surface area contributed by atoms with Gasteiger partial charge in [0.05, 0.1) is 24.1 Å². The maximum atomic E-state index is 14.1. The summed E-state index contributed by atoms with van der Waals surface area (Å²) in [6, 6.07) is 8.18. The number of halogens is 1. The number of carbonyl (C=O) groups excluding carboxylic acids is 1. The van der Waals surface area contributed by atoms with E-state index >= 15 is 0 Å². The molecule has 0 aliphatic heterocycles. The predicted molar refractivity (Wildman–Crippen MR) is 97.1 cm³/mol. The van der Waals surface area contributed by atoms with E-state index in [-0.39, 0.29) is 18.0 Å². The highest BCUT2D eigenvalue weighted by atomic mass is 19.1. The van der Waals surface area contributed by atoms with Gasteiger partial charge in [-0.2, -0.15) is 0 Å². The maximum absolute atomic E-state index is 14.1. The van der Waals surface area contributed by atoms with Crippen molar-refractivity contribution in [2.24, 2.45) is 0 Å². The molecule has 136 valence electrons. The van der Waals surface area contributed by atoms with E-state index in [1.165, 1.54) is 29.2 Å². The van der Waals surface area contributed by atoms with Gasteiger partial charge in [-0.3, -0.25) is 4.79 Å². The Morgan fingerprint density at radius 1 is 1.26 bits per heavy atom. The lowest BCUT2D eigenvalue weighted by molar-refractivity contribution is -0.115. The van der Waals surface area contributed by atoms with Crippen LogP contribution in [0.4, 0.5) is 10.1 Å². The molecule has 2 aromatic carbocycles. The summed E-state index contributed by atoms with van der Waals surface area (Å²) in [5, 5.41) is 14.3. The monoisotopic (exact) mass is 365 g/mol. The zero-order valence-corrected chi connectivity index (χ0v) is 14.7. The smallest absolute Gasteiger partial charge is 0.229 e. The third-order valence-electron chi connectivity index (χ3n) is 4.53. The molecule has 2 aromatic heterocycles. The number of nitrogens with zero attached hydrogens (tertiary/aromatic N) is 4. The van der Waals surface area contributed by atoms with E-state index in [0.29, 0.717) is 5.69 Å². The lowest BCUT2D eigenvalue weighted by Gasteiger charge is -2.08. The van der Waals surface area contributed by atoms with Crippen LogP contribution in [0.3, 0.4) is 0 Å². The number of tetrazole rings is 1. The minimum atomic E-state index is -0.538. The average Bonchev–Trinajstić information content (AvgIpc) is 3.31. The van der Waals surface area contributed by atoms with E-state index < -0.39 is 5.82 Å². The Labute approximate surface area is 153 Å². The molecule has 0 aliphatic carbocycles. The number of amides is 1. The zero-order chi connectivity index (χ0) is 19.0. The third kappa shape index (κ3) is 3.17. The van der Waals surface area contributed by atoms with Crippen molar-refractivity contribution in [3.8, 4) is 5.69 Å². The number of furan rings is 1. The number of aryl methyl sites for hydroxylation is 2. The number of fused-ring (bicyclic) bond motifs is 1. The van der Waals surface area contributed by atoms with Crippen LogP contribution in [0.5, 0.6) is 0 Å². The molecule has 0 saturated heterocycles. The van der Waals surface area contributed by atoms with E-state index in [4.69, 9.17) is 4.42 Å². The van der Waals surface area contributed by atoms with Crippen molar-refractivity contribution >= 4 is 22.6 Å². The first-order valence-corrected chi connectivity index (χ1v) is 8.32. The van der Waals surface area contributed by atoms with Crippen molar-refractivity contribution in [3.05, 3.63) is 65.4 Å². The highest BCUT2D eigenvalue weighted by Gasteiger charge is 2.15. The second-order valence-electron chi connectivity index (χ2n) is 6.29. The molecule has 0 saturated carbocycles. The molecule has 8 heteroatoms. The number of hydrogen-bond donors (Lipinski definition) is 1. The molecule has 0 bridgehead atoms. The molecule has 2 heterocycles. The summed E-state index contributed by atoms with van der Waals surface area (Å²) < 4.78 is 21.1. The molecule has 7 nitrogen and oxygen atoms in total. The van der Waals surface area contributed by atoms with E-state index in [1.807, 2.05) is 26.0 Å². The standard InChI is InChI=1S/C19H16FN5O2/c1-11-3-5-15-13(9-27-19(15)12(11)2)7-18(26)22-17-8-14(4-6-16(17)20)25-10-21-23-24-25/h3-6,8-10H,7H2,1-2H3,(H,22,26). The number of anilines is 1. The van der Waals surface area contributed by atoms with Crippen LogP contribution in [-0.2, 0) is 11.2 Å². The fraction of sp³-hybridized carbons (Fsp3) is 0.158. The van der Waals surface area contributed by atoms with Gasteiger partial charge in [0.2, 0.25) is 5.91 Å². The largest absolute Gasteiger partial charge is 0.464 e. The fourth-order valence-electron chi connectivity index (χ4n) is 2.92. The van der Waals surface area contributed by atoms with Crippen molar-refractivity contribution in [2.75, 3.05) is 5.32 Å². The van der Waals surface area contributed by atoms with E-state index in [9.17, 15) is 9.18 Å². The van der Waals surface area contributed by atoms with Crippen molar-refractivity contribution < 1.29 is 13.6 Å². The number of benzene rings is 2. The number of carbonyl (C=O) groups is 1. The van der Waals surface area contributed by atoms with Crippen LogP contribution in [0, 0.1) is 19.7 Å².